The van der Waals surface area contributed by atoms with Crippen LogP contribution in [0.4, 0.5) is 0 Å². The molecular weight excluding hydrogens is 182 g/mol. The summed E-state index contributed by atoms with van der Waals surface area (Å²) < 4.78 is 1.28. The van der Waals surface area contributed by atoms with Gasteiger partial charge in [0.2, 0.25) is 0 Å². The monoisotopic (exact) mass is 193 g/mol. The Bertz CT molecular complexity index is 377. The topological polar surface area (TPSA) is 35.2 Å². The molecule has 2 rings (SSSR count). The number of rotatable bonds is 2. The Labute approximate surface area is 80.9 Å². The van der Waals surface area contributed by atoms with Gasteiger partial charge in [0.25, 0.3) is 0 Å². The molecule has 1 unspecified atom stereocenters. The molecule has 0 aliphatic carbocycles. The summed E-state index contributed by atoms with van der Waals surface area (Å²) in [6.45, 7) is 1.95. The van der Waals surface area contributed by atoms with Crippen LogP contribution in [0.2, 0.25) is 0 Å². The van der Waals surface area contributed by atoms with Crippen molar-refractivity contribution >= 4 is 21.4 Å². The first kappa shape index (κ1) is 8.69. The summed E-state index contributed by atoms with van der Waals surface area (Å²) in [5, 5.41) is 1.26. The van der Waals surface area contributed by atoms with E-state index in [2.05, 4.69) is 18.2 Å². The lowest BCUT2D eigenvalue weighted by Gasteiger charge is -2.03. The maximum atomic E-state index is 5.13. The number of fused-ring (bicyclic) bond motifs is 1. The third-order valence-corrected chi connectivity index (χ3v) is 3.33. The molecule has 0 aliphatic rings. The van der Waals surface area contributed by atoms with Crippen molar-refractivity contribution in [2.24, 2.45) is 5.90 Å². The molecule has 68 valence electrons. The van der Waals surface area contributed by atoms with Gasteiger partial charge in [-0.2, -0.15) is 0 Å². The van der Waals surface area contributed by atoms with Crippen LogP contribution in [-0.4, -0.2) is 0 Å². The summed E-state index contributed by atoms with van der Waals surface area (Å²) in [4.78, 5) is 5.95. The standard InChI is InChI=1S/C10H11NOS/c1-7(12-11)10-6-8-4-2-3-5-9(8)13-10/h2-7H,11H2,1H3. The fraction of sp³-hybridized carbons (Fsp3) is 0.200. The molecule has 1 aromatic heterocycles. The molecule has 0 aliphatic heterocycles. The molecule has 0 saturated heterocycles. The number of benzene rings is 1. The van der Waals surface area contributed by atoms with Crippen LogP contribution in [0, 0.1) is 0 Å². The van der Waals surface area contributed by atoms with Gasteiger partial charge >= 0.3 is 0 Å². The van der Waals surface area contributed by atoms with Crippen LogP contribution in [-0.2, 0) is 4.84 Å². The predicted octanol–water partition coefficient (Wildman–Crippen LogP) is 2.85. The van der Waals surface area contributed by atoms with Crippen LogP contribution < -0.4 is 5.90 Å². The Morgan fingerprint density at radius 3 is 2.85 bits per heavy atom. The molecular formula is C10H11NOS. The molecule has 1 heterocycles. The van der Waals surface area contributed by atoms with E-state index in [-0.39, 0.29) is 6.10 Å². The highest BCUT2D eigenvalue weighted by Gasteiger charge is 2.07. The van der Waals surface area contributed by atoms with E-state index in [1.54, 1.807) is 11.3 Å². The van der Waals surface area contributed by atoms with Crippen molar-refractivity contribution in [2.75, 3.05) is 0 Å². The summed E-state index contributed by atoms with van der Waals surface area (Å²) >= 11 is 1.72. The van der Waals surface area contributed by atoms with E-state index < -0.39 is 0 Å². The van der Waals surface area contributed by atoms with Crippen molar-refractivity contribution in [1.29, 1.82) is 0 Å². The van der Waals surface area contributed by atoms with Crippen molar-refractivity contribution in [3.8, 4) is 0 Å². The van der Waals surface area contributed by atoms with Gasteiger partial charge in [0, 0.05) is 9.58 Å². The average Bonchev–Trinajstić information content (AvgIpc) is 2.59. The van der Waals surface area contributed by atoms with Crippen molar-refractivity contribution in [2.45, 2.75) is 13.0 Å². The number of hydrogen-bond donors (Lipinski definition) is 1. The largest absolute Gasteiger partial charge is 0.296 e. The molecule has 0 saturated carbocycles. The zero-order chi connectivity index (χ0) is 9.26. The molecule has 13 heavy (non-hydrogen) atoms. The molecule has 0 bridgehead atoms. The van der Waals surface area contributed by atoms with Crippen molar-refractivity contribution in [1.82, 2.24) is 0 Å². The summed E-state index contributed by atoms with van der Waals surface area (Å²) in [5.41, 5.74) is 0. The van der Waals surface area contributed by atoms with E-state index in [0.717, 1.165) is 0 Å². The molecule has 2 nitrogen and oxygen atoms in total. The fourth-order valence-corrected chi connectivity index (χ4v) is 2.32. The molecule has 1 atom stereocenters. The summed E-state index contributed by atoms with van der Waals surface area (Å²) in [6.07, 6.45) is -0.0163. The van der Waals surface area contributed by atoms with Crippen molar-refractivity contribution in [3.05, 3.63) is 35.2 Å². The Hall–Kier alpha value is -0.900. The van der Waals surface area contributed by atoms with E-state index in [9.17, 15) is 0 Å². The Balaban J connectivity index is 2.49. The van der Waals surface area contributed by atoms with Gasteiger partial charge in [-0.1, -0.05) is 18.2 Å². The first-order valence-corrected chi connectivity index (χ1v) is 4.97. The number of nitrogens with two attached hydrogens (primary N) is 1. The van der Waals surface area contributed by atoms with Gasteiger partial charge < -0.3 is 0 Å². The van der Waals surface area contributed by atoms with Crippen LogP contribution in [0.15, 0.2) is 30.3 Å². The van der Waals surface area contributed by atoms with Gasteiger partial charge in [-0.25, -0.2) is 5.90 Å². The number of hydrogen-bond acceptors (Lipinski definition) is 3. The van der Waals surface area contributed by atoms with Crippen molar-refractivity contribution < 1.29 is 4.84 Å². The lowest BCUT2D eigenvalue weighted by Crippen LogP contribution is -2.03. The van der Waals surface area contributed by atoms with Gasteiger partial charge in [-0.3, -0.25) is 4.84 Å². The average molecular weight is 193 g/mol. The second kappa shape index (κ2) is 3.46. The lowest BCUT2D eigenvalue weighted by atomic mass is 10.2. The van der Waals surface area contributed by atoms with Gasteiger partial charge in [-0.05, 0) is 24.4 Å². The second-order valence-corrected chi connectivity index (χ2v) is 4.08. The maximum Gasteiger partial charge on any atom is 0.110 e. The molecule has 2 N–H and O–H groups in total. The van der Waals surface area contributed by atoms with E-state index >= 15 is 0 Å². The van der Waals surface area contributed by atoms with Crippen LogP contribution >= 0.6 is 11.3 Å². The highest BCUT2D eigenvalue weighted by Crippen LogP contribution is 2.30. The zero-order valence-electron chi connectivity index (χ0n) is 7.36. The highest BCUT2D eigenvalue weighted by atomic mass is 32.1. The van der Waals surface area contributed by atoms with Gasteiger partial charge in [0.05, 0.1) is 0 Å². The third kappa shape index (κ3) is 1.58. The first-order valence-electron chi connectivity index (χ1n) is 4.15. The third-order valence-electron chi connectivity index (χ3n) is 2.05. The van der Waals surface area contributed by atoms with Crippen LogP contribution in [0.3, 0.4) is 0 Å². The van der Waals surface area contributed by atoms with E-state index in [1.807, 2.05) is 19.1 Å². The molecule has 2 aromatic rings. The molecule has 0 radical (unpaired) electrons. The van der Waals surface area contributed by atoms with E-state index in [1.165, 1.54) is 15.0 Å². The summed E-state index contributed by atoms with van der Waals surface area (Å²) in [5.74, 6) is 5.13. The quantitative estimate of drug-likeness (QED) is 0.744. The smallest absolute Gasteiger partial charge is 0.110 e. The molecule has 0 amide bonds. The summed E-state index contributed by atoms with van der Waals surface area (Å²) in [7, 11) is 0. The minimum Gasteiger partial charge on any atom is -0.296 e. The predicted molar refractivity (Wildman–Crippen MR) is 55.5 cm³/mol. The van der Waals surface area contributed by atoms with Gasteiger partial charge in [0.1, 0.15) is 6.10 Å². The molecule has 3 heteroatoms. The van der Waals surface area contributed by atoms with Gasteiger partial charge in [0.15, 0.2) is 0 Å². The van der Waals surface area contributed by atoms with E-state index in [0.29, 0.717) is 0 Å². The Morgan fingerprint density at radius 2 is 2.15 bits per heavy atom. The maximum absolute atomic E-state index is 5.13. The molecule has 1 aromatic carbocycles. The summed E-state index contributed by atoms with van der Waals surface area (Å²) in [6, 6.07) is 10.4. The minimum atomic E-state index is -0.0163. The molecule has 0 spiro atoms. The highest BCUT2D eigenvalue weighted by molar-refractivity contribution is 7.19. The number of thiophene rings is 1. The first-order chi connectivity index (χ1) is 6.31. The second-order valence-electron chi connectivity index (χ2n) is 2.96. The van der Waals surface area contributed by atoms with Crippen LogP contribution in [0.5, 0.6) is 0 Å². The Morgan fingerprint density at radius 1 is 1.38 bits per heavy atom. The van der Waals surface area contributed by atoms with Crippen LogP contribution in [0.1, 0.15) is 17.9 Å². The molecule has 0 fully saturated rings. The van der Waals surface area contributed by atoms with E-state index in [4.69, 9.17) is 10.7 Å². The van der Waals surface area contributed by atoms with Gasteiger partial charge in [-0.15, -0.1) is 11.3 Å². The zero-order valence-corrected chi connectivity index (χ0v) is 8.17. The van der Waals surface area contributed by atoms with Crippen LogP contribution in [0.25, 0.3) is 10.1 Å². The van der Waals surface area contributed by atoms with Crippen molar-refractivity contribution in [3.63, 3.8) is 0 Å². The SMILES string of the molecule is CC(ON)c1cc2ccccc2s1. The Kier molecular flexibility index (Phi) is 2.31. The lowest BCUT2D eigenvalue weighted by molar-refractivity contribution is 0.0689. The normalized spacial score (nSPS) is 13.4. The fourth-order valence-electron chi connectivity index (χ4n) is 1.27. The minimum absolute atomic E-state index is 0.0163.